The van der Waals surface area contributed by atoms with Gasteiger partial charge in [-0.25, -0.2) is 0 Å². The standard InChI is InChI=1S/C10H21N3/c1-7-9(3,4)12-13-10(5,6)8(2)11/h11H,7H2,1-6H3/b11-8?,13-12-. The van der Waals surface area contributed by atoms with Gasteiger partial charge >= 0.3 is 0 Å². The maximum atomic E-state index is 7.51. The Labute approximate surface area is 81.2 Å². The molecule has 0 aromatic heterocycles. The third-order valence-electron chi connectivity index (χ3n) is 2.35. The fraction of sp³-hybridized carbons (Fsp3) is 0.900. The van der Waals surface area contributed by atoms with Gasteiger partial charge in [0.2, 0.25) is 0 Å². The quantitative estimate of drug-likeness (QED) is 0.512. The molecule has 1 N–H and O–H groups in total. The highest BCUT2D eigenvalue weighted by Gasteiger charge is 2.21. The van der Waals surface area contributed by atoms with Gasteiger partial charge in [-0.15, -0.1) is 0 Å². The highest BCUT2D eigenvalue weighted by molar-refractivity contribution is 5.87. The topological polar surface area (TPSA) is 48.6 Å². The van der Waals surface area contributed by atoms with Crippen LogP contribution in [0.25, 0.3) is 0 Å². The second-order valence-electron chi connectivity index (χ2n) is 4.55. The van der Waals surface area contributed by atoms with Crippen LogP contribution in [-0.4, -0.2) is 16.8 Å². The summed E-state index contributed by atoms with van der Waals surface area (Å²) in [7, 11) is 0. The maximum Gasteiger partial charge on any atom is 0.113 e. The van der Waals surface area contributed by atoms with E-state index in [2.05, 4.69) is 17.2 Å². The minimum absolute atomic E-state index is 0.104. The van der Waals surface area contributed by atoms with E-state index >= 15 is 0 Å². The van der Waals surface area contributed by atoms with Crippen LogP contribution in [0.15, 0.2) is 10.2 Å². The fourth-order valence-electron chi connectivity index (χ4n) is 0.406. The molecule has 0 saturated heterocycles. The summed E-state index contributed by atoms with van der Waals surface area (Å²) in [6.07, 6.45) is 0.962. The predicted molar refractivity (Wildman–Crippen MR) is 56.7 cm³/mol. The van der Waals surface area contributed by atoms with Gasteiger partial charge < -0.3 is 5.41 Å². The van der Waals surface area contributed by atoms with Gasteiger partial charge in [-0.05, 0) is 41.0 Å². The Hall–Kier alpha value is -0.730. The van der Waals surface area contributed by atoms with Crippen molar-refractivity contribution in [2.75, 3.05) is 0 Å². The molecule has 0 fully saturated rings. The zero-order valence-corrected chi connectivity index (χ0v) is 9.60. The van der Waals surface area contributed by atoms with Crippen LogP contribution >= 0.6 is 0 Å². The molecule has 0 radical (unpaired) electrons. The van der Waals surface area contributed by atoms with Crippen molar-refractivity contribution in [3.63, 3.8) is 0 Å². The van der Waals surface area contributed by atoms with Crippen molar-refractivity contribution in [2.45, 2.75) is 59.0 Å². The van der Waals surface area contributed by atoms with E-state index in [4.69, 9.17) is 5.41 Å². The second-order valence-corrected chi connectivity index (χ2v) is 4.55. The molecule has 0 heterocycles. The predicted octanol–water partition coefficient (Wildman–Crippen LogP) is 3.45. The summed E-state index contributed by atoms with van der Waals surface area (Å²) in [6.45, 7) is 11.8. The van der Waals surface area contributed by atoms with Crippen LogP contribution in [0.3, 0.4) is 0 Å². The normalized spacial score (nSPS) is 13.7. The van der Waals surface area contributed by atoms with Crippen molar-refractivity contribution in [1.82, 2.24) is 0 Å². The summed E-state index contributed by atoms with van der Waals surface area (Å²) < 4.78 is 0. The Balaban J connectivity index is 4.52. The summed E-state index contributed by atoms with van der Waals surface area (Å²) in [5.41, 5.74) is -0.0118. The number of nitrogens with zero attached hydrogens (tertiary/aromatic N) is 2. The summed E-state index contributed by atoms with van der Waals surface area (Å²) in [5, 5.41) is 16.0. The molecule has 0 rings (SSSR count). The van der Waals surface area contributed by atoms with Gasteiger partial charge in [0.15, 0.2) is 0 Å². The number of rotatable bonds is 4. The van der Waals surface area contributed by atoms with Gasteiger partial charge in [0.05, 0.1) is 5.54 Å². The molecular formula is C10H21N3. The van der Waals surface area contributed by atoms with Crippen LogP contribution in [0.4, 0.5) is 0 Å². The molecule has 0 aliphatic rings. The summed E-state index contributed by atoms with van der Waals surface area (Å²) in [6, 6.07) is 0. The zero-order chi connectivity index (χ0) is 10.7. The molecule has 13 heavy (non-hydrogen) atoms. The van der Waals surface area contributed by atoms with Crippen molar-refractivity contribution in [1.29, 1.82) is 5.41 Å². The van der Waals surface area contributed by atoms with Crippen LogP contribution < -0.4 is 0 Å². The SMILES string of the molecule is CCC(C)(C)/N=N\C(C)(C)C(C)=N. The number of nitrogens with one attached hydrogen (secondary N) is 1. The first-order chi connectivity index (χ1) is 5.71. The van der Waals surface area contributed by atoms with Gasteiger partial charge in [-0.1, -0.05) is 6.92 Å². The molecule has 0 atom stereocenters. The molecule has 0 aliphatic heterocycles. The van der Waals surface area contributed by atoms with Crippen LogP contribution in [0.2, 0.25) is 0 Å². The van der Waals surface area contributed by atoms with Gasteiger partial charge in [0.25, 0.3) is 0 Å². The van der Waals surface area contributed by atoms with Crippen LogP contribution in [0.1, 0.15) is 48.0 Å². The summed E-state index contributed by atoms with van der Waals surface area (Å²) >= 11 is 0. The Bertz CT molecular complexity index is 214. The average Bonchev–Trinajstić information content (AvgIpc) is 2.01. The second kappa shape index (κ2) is 3.99. The van der Waals surface area contributed by atoms with E-state index < -0.39 is 5.54 Å². The zero-order valence-electron chi connectivity index (χ0n) is 9.60. The van der Waals surface area contributed by atoms with Crippen LogP contribution in [0.5, 0.6) is 0 Å². The Kier molecular flexibility index (Phi) is 3.76. The first-order valence-corrected chi connectivity index (χ1v) is 4.71. The van der Waals surface area contributed by atoms with E-state index in [0.717, 1.165) is 6.42 Å². The number of azo groups is 1. The maximum absolute atomic E-state index is 7.51. The van der Waals surface area contributed by atoms with E-state index in [9.17, 15) is 0 Å². The monoisotopic (exact) mass is 183 g/mol. The van der Waals surface area contributed by atoms with E-state index in [1.165, 1.54) is 0 Å². The molecule has 3 heteroatoms. The van der Waals surface area contributed by atoms with Crippen molar-refractivity contribution in [3.8, 4) is 0 Å². The van der Waals surface area contributed by atoms with Crippen molar-refractivity contribution < 1.29 is 0 Å². The lowest BCUT2D eigenvalue weighted by atomic mass is 10.0. The Morgan fingerprint density at radius 3 is 1.92 bits per heavy atom. The molecule has 0 spiro atoms. The summed E-state index contributed by atoms with van der Waals surface area (Å²) in [4.78, 5) is 0. The van der Waals surface area contributed by atoms with Gasteiger partial charge in [-0.2, -0.15) is 10.2 Å². The highest BCUT2D eigenvalue weighted by atomic mass is 15.2. The smallest absolute Gasteiger partial charge is 0.113 e. The molecule has 0 aromatic rings. The lowest BCUT2D eigenvalue weighted by Gasteiger charge is -2.21. The van der Waals surface area contributed by atoms with E-state index in [1.807, 2.05) is 27.7 Å². The largest absolute Gasteiger partial charge is 0.307 e. The van der Waals surface area contributed by atoms with E-state index in [-0.39, 0.29) is 5.54 Å². The van der Waals surface area contributed by atoms with E-state index in [0.29, 0.717) is 5.71 Å². The molecule has 0 amide bonds. The Morgan fingerprint density at radius 1 is 1.15 bits per heavy atom. The first kappa shape index (κ1) is 12.3. The molecule has 0 unspecified atom stereocenters. The van der Waals surface area contributed by atoms with Crippen LogP contribution in [-0.2, 0) is 0 Å². The molecule has 0 aliphatic carbocycles. The highest BCUT2D eigenvalue weighted by Crippen LogP contribution is 2.18. The van der Waals surface area contributed by atoms with Gasteiger partial charge in [-0.3, -0.25) is 0 Å². The molecule has 0 aromatic carbocycles. The molecule has 0 bridgehead atoms. The third kappa shape index (κ3) is 4.15. The lowest BCUT2D eigenvalue weighted by molar-refractivity contribution is 0.449. The van der Waals surface area contributed by atoms with Gasteiger partial charge in [0, 0.05) is 5.71 Å². The third-order valence-corrected chi connectivity index (χ3v) is 2.35. The van der Waals surface area contributed by atoms with Crippen molar-refractivity contribution >= 4 is 5.71 Å². The molecule has 3 nitrogen and oxygen atoms in total. The van der Waals surface area contributed by atoms with Gasteiger partial charge in [0.1, 0.15) is 5.54 Å². The fourth-order valence-corrected chi connectivity index (χ4v) is 0.406. The minimum Gasteiger partial charge on any atom is -0.307 e. The first-order valence-electron chi connectivity index (χ1n) is 4.71. The molecule has 76 valence electrons. The van der Waals surface area contributed by atoms with E-state index in [1.54, 1.807) is 6.92 Å². The minimum atomic E-state index is -0.452. The van der Waals surface area contributed by atoms with Crippen molar-refractivity contribution in [2.24, 2.45) is 10.2 Å². The number of hydrogen-bond donors (Lipinski definition) is 1. The summed E-state index contributed by atoms with van der Waals surface area (Å²) in [5.74, 6) is 0. The Morgan fingerprint density at radius 2 is 1.62 bits per heavy atom. The van der Waals surface area contributed by atoms with Crippen molar-refractivity contribution in [3.05, 3.63) is 0 Å². The molecule has 0 saturated carbocycles. The number of hydrogen-bond acceptors (Lipinski definition) is 3. The molecular weight excluding hydrogens is 162 g/mol. The average molecular weight is 183 g/mol. The lowest BCUT2D eigenvalue weighted by Crippen LogP contribution is -2.27. The van der Waals surface area contributed by atoms with Crippen LogP contribution in [0, 0.1) is 5.41 Å².